The summed E-state index contributed by atoms with van der Waals surface area (Å²) in [5.41, 5.74) is 1.19. The minimum absolute atomic E-state index is 0.132. The number of rotatable bonds is 6. The van der Waals surface area contributed by atoms with Crippen molar-refractivity contribution in [2.75, 3.05) is 6.54 Å². The van der Waals surface area contributed by atoms with Gasteiger partial charge in [-0.05, 0) is 24.1 Å². The van der Waals surface area contributed by atoms with Crippen LogP contribution in [0.2, 0.25) is 0 Å². The Labute approximate surface area is 121 Å². The van der Waals surface area contributed by atoms with E-state index in [1.54, 1.807) is 24.3 Å². The van der Waals surface area contributed by atoms with E-state index >= 15 is 0 Å². The number of carboxylic acids is 1. The topological polar surface area (TPSA) is 108 Å². The van der Waals surface area contributed by atoms with Crippen LogP contribution >= 0.6 is 0 Å². The van der Waals surface area contributed by atoms with Crippen molar-refractivity contribution in [3.63, 3.8) is 0 Å². The van der Waals surface area contributed by atoms with Crippen LogP contribution in [0.5, 0.6) is 0 Å². The molecule has 0 aliphatic heterocycles. The van der Waals surface area contributed by atoms with E-state index < -0.39 is 5.97 Å². The zero-order valence-electron chi connectivity index (χ0n) is 11.6. The molecule has 110 valence electrons. The number of aryl methyl sites for hydroxylation is 1. The Bertz CT molecular complexity index is 634. The Hall–Kier alpha value is -2.70. The van der Waals surface area contributed by atoms with E-state index in [-0.39, 0.29) is 17.3 Å². The molecule has 2 aromatic rings. The highest BCUT2D eigenvalue weighted by atomic mass is 16.4. The first-order valence-corrected chi connectivity index (χ1v) is 6.62. The Balaban J connectivity index is 1.83. The predicted octanol–water partition coefficient (Wildman–Crippen LogP) is 1.04. The number of benzene rings is 1. The second kappa shape index (κ2) is 6.65. The van der Waals surface area contributed by atoms with Gasteiger partial charge >= 0.3 is 5.97 Å². The standard InChI is InChI=1S/C14H16N4O3/c1-2-11-16-12(18-17-11)13(19)15-8-7-9-3-5-10(6-4-9)14(20)21/h3-6H,2,7-8H2,1H3,(H,15,19)(H,20,21)(H,16,17,18). The fourth-order valence-corrected chi connectivity index (χ4v) is 1.77. The summed E-state index contributed by atoms with van der Waals surface area (Å²) in [7, 11) is 0. The van der Waals surface area contributed by atoms with Crippen molar-refractivity contribution in [2.45, 2.75) is 19.8 Å². The van der Waals surface area contributed by atoms with Gasteiger partial charge in [-0.1, -0.05) is 19.1 Å². The van der Waals surface area contributed by atoms with Gasteiger partial charge in [0.1, 0.15) is 5.82 Å². The molecule has 21 heavy (non-hydrogen) atoms. The maximum Gasteiger partial charge on any atom is 0.335 e. The van der Waals surface area contributed by atoms with Gasteiger partial charge in [-0.2, -0.15) is 0 Å². The Morgan fingerprint density at radius 3 is 2.57 bits per heavy atom. The number of H-pyrrole nitrogens is 1. The van der Waals surface area contributed by atoms with Crippen molar-refractivity contribution in [1.82, 2.24) is 20.5 Å². The van der Waals surface area contributed by atoms with Crippen LogP contribution < -0.4 is 5.32 Å². The lowest BCUT2D eigenvalue weighted by atomic mass is 10.1. The summed E-state index contributed by atoms with van der Waals surface area (Å²) in [5.74, 6) is -0.475. The highest BCUT2D eigenvalue weighted by molar-refractivity contribution is 5.90. The van der Waals surface area contributed by atoms with Crippen molar-refractivity contribution < 1.29 is 14.7 Å². The van der Waals surface area contributed by atoms with Crippen LogP contribution in [0, 0.1) is 0 Å². The predicted molar refractivity (Wildman–Crippen MR) is 75.2 cm³/mol. The Morgan fingerprint density at radius 1 is 1.29 bits per heavy atom. The van der Waals surface area contributed by atoms with Gasteiger partial charge < -0.3 is 10.4 Å². The average Bonchev–Trinajstić information content (AvgIpc) is 2.96. The number of nitrogens with zero attached hydrogens (tertiary/aromatic N) is 2. The summed E-state index contributed by atoms with van der Waals surface area (Å²) in [6.45, 7) is 2.35. The SMILES string of the molecule is CCc1nc(C(=O)NCCc2ccc(C(=O)O)cc2)n[nH]1. The van der Waals surface area contributed by atoms with E-state index in [1.807, 2.05) is 6.92 Å². The van der Waals surface area contributed by atoms with Crippen LogP contribution in [-0.4, -0.2) is 38.7 Å². The summed E-state index contributed by atoms with van der Waals surface area (Å²) >= 11 is 0. The van der Waals surface area contributed by atoms with Crippen molar-refractivity contribution in [3.05, 3.63) is 47.0 Å². The summed E-state index contributed by atoms with van der Waals surface area (Å²) in [6, 6.07) is 6.56. The highest BCUT2D eigenvalue weighted by Gasteiger charge is 2.11. The maximum atomic E-state index is 11.8. The normalized spacial score (nSPS) is 10.3. The van der Waals surface area contributed by atoms with E-state index in [0.717, 1.165) is 5.56 Å². The molecular formula is C14H16N4O3. The molecule has 0 aliphatic carbocycles. The van der Waals surface area contributed by atoms with Crippen LogP contribution in [0.15, 0.2) is 24.3 Å². The van der Waals surface area contributed by atoms with Gasteiger partial charge in [-0.25, -0.2) is 9.78 Å². The third kappa shape index (κ3) is 3.88. The van der Waals surface area contributed by atoms with E-state index in [0.29, 0.717) is 25.2 Å². The van der Waals surface area contributed by atoms with Crippen LogP contribution in [0.4, 0.5) is 0 Å². The summed E-state index contributed by atoms with van der Waals surface area (Å²) in [5, 5.41) is 18.0. The van der Waals surface area contributed by atoms with E-state index in [4.69, 9.17) is 5.11 Å². The van der Waals surface area contributed by atoms with E-state index in [2.05, 4.69) is 20.5 Å². The smallest absolute Gasteiger partial charge is 0.335 e. The first-order valence-electron chi connectivity index (χ1n) is 6.62. The number of hydrogen-bond acceptors (Lipinski definition) is 4. The molecule has 0 spiro atoms. The first-order chi connectivity index (χ1) is 10.1. The number of aromatic carboxylic acids is 1. The molecule has 2 rings (SSSR count). The zero-order valence-corrected chi connectivity index (χ0v) is 11.6. The molecule has 7 heteroatoms. The third-order valence-electron chi connectivity index (χ3n) is 2.97. The van der Waals surface area contributed by atoms with Gasteiger partial charge in [-0.3, -0.25) is 9.89 Å². The second-order valence-electron chi connectivity index (χ2n) is 4.47. The van der Waals surface area contributed by atoms with Gasteiger partial charge in [0.25, 0.3) is 5.91 Å². The first kappa shape index (κ1) is 14.7. The minimum Gasteiger partial charge on any atom is -0.478 e. The summed E-state index contributed by atoms with van der Waals surface area (Å²) in [6.07, 6.45) is 1.30. The number of amides is 1. The molecule has 1 aromatic carbocycles. The monoisotopic (exact) mass is 288 g/mol. The molecule has 0 atom stereocenters. The molecule has 1 heterocycles. The molecular weight excluding hydrogens is 272 g/mol. The number of aromatic amines is 1. The van der Waals surface area contributed by atoms with Gasteiger partial charge in [0.15, 0.2) is 0 Å². The Morgan fingerprint density at radius 2 is 2.00 bits per heavy atom. The van der Waals surface area contributed by atoms with Crippen molar-refractivity contribution >= 4 is 11.9 Å². The Kier molecular flexibility index (Phi) is 4.65. The fourth-order valence-electron chi connectivity index (χ4n) is 1.77. The number of nitrogens with one attached hydrogen (secondary N) is 2. The zero-order chi connectivity index (χ0) is 15.2. The minimum atomic E-state index is -0.953. The molecule has 0 saturated heterocycles. The van der Waals surface area contributed by atoms with Gasteiger partial charge in [0.05, 0.1) is 5.56 Å². The lowest BCUT2D eigenvalue weighted by Gasteiger charge is -2.03. The molecule has 3 N–H and O–H groups in total. The van der Waals surface area contributed by atoms with E-state index in [1.165, 1.54) is 0 Å². The van der Waals surface area contributed by atoms with Gasteiger partial charge in [-0.15, -0.1) is 5.10 Å². The number of carbonyl (C=O) groups excluding carboxylic acids is 1. The molecule has 0 unspecified atom stereocenters. The average molecular weight is 288 g/mol. The lowest BCUT2D eigenvalue weighted by molar-refractivity contribution is 0.0696. The van der Waals surface area contributed by atoms with Crippen LogP contribution in [-0.2, 0) is 12.8 Å². The van der Waals surface area contributed by atoms with E-state index in [9.17, 15) is 9.59 Å². The molecule has 1 aromatic heterocycles. The lowest BCUT2D eigenvalue weighted by Crippen LogP contribution is -2.26. The van der Waals surface area contributed by atoms with Crippen LogP contribution in [0.25, 0.3) is 0 Å². The van der Waals surface area contributed by atoms with Crippen molar-refractivity contribution in [3.8, 4) is 0 Å². The molecule has 0 saturated carbocycles. The van der Waals surface area contributed by atoms with Crippen LogP contribution in [0.1, 0.15) is 39.3 Å². The quantitative estimate of drug-likeness (QED) is 0.736. The number of hydrogen-bond donors (Lipinski definition) is 3. The molecule has 0 fully saturated rings. The number of aromatic nitrogens is 3. The van der Waals surface area contributed by atoms with Gasteiger partial charge in [0, 0.05) is 13.0 Å². The van der Waals surface area contributed by atoms with Crippen LogP contribution in [0.3, 0.4) is 0 Å². The summed E-state index contributed by atoms with van der Waals surface area (Å²) in [4.78, 5) is 26.5. The largest absolute Gasteiger partial charge is 0.478 e. The van der Waals surface area contributed by atoms with Crippen molar-refractivity contribution in [1.29, 1.82) is 0 Å². The van der Waals surface area contributed by atoms with Crippen molar-refractivity contribution in [2.24, 2.45) is 0 Å². The highest BCUT2D eigenvalue weighted by Crippen LogP contribution is 2.05. The van der Waals surface area contributed by atoms with Gasteiger partial charge in [0.2, 0.25) is 5.82 Å². The number of carbonyl (C=O) groups is 2. The molecule has 1 amide bonds. The number of carboxylic acid groups (broad SMARTS) is 1. The molecule has 0 radical (unpaired) electrons. The molecule has 7 nitrogen and oxygen atoms in total. The molecule has 0 bridgehead atoms. The second-order valence-corrected chi connectivity index (χ2v) is 4.47. The summed E-state index contributed by atoms with van der Waals surface area (Å²) < 4.78 is 0. The molecule has 0 aliphatic rings. The third-order valence-corrected chi connectivity index (χ3v) is 2.97. The maximum absolute atomic E-state index is 11.8. The fraction of sp³-hybridized carbons (Fsp3) is 0.286.